The van der Waals surface area contributed by atoms with Crippen molar-refractivity contribution in [3.8, 4) is 16.9 Å². The van der Waals surface area contributed by atoms with Gasteiger partial charge < -0.3 is 9.84 Å². The number of cyclic esters (lactones) is 1. The molecule has 108 valence electrons. The second kappa shape index (κ2) is 5.48. The van der Waals surface area contributed by atoms with Crippen molar-refractivity contribution in [1.29, 1.82) is 0 Å². The summed E-state index contributed by atoms with van der Waals surface area (Å²) in [5.41, 5.74) is 2.90. The zero-order valence-corrected chi connectivity index (χ0v) is 11.8. The van der Waals surface area contributed by atoms with Gasteiger partial charge in [0.05, 0.1) is 6.61 Å². The normalized spacial score (nSPS) is 18.4. The third kappa shape index (κ3) is 2.84. The number of ether oxygens (including phenoxy) is 1. The van der Waals surface area contributed by atoms with Gasteiger partial charge in [0.15, 0.2) is 0 Å². The van der Waals surface area contributed by atoms with Crippen LogP contribution < -0.4 is 4.90 Å². The molecule has 1 amide bonds. The molecule has 0 radical (unpaired) electrons. The highest BCUT2D eigenvalue weighted by atomic mass is 16.6. The van der Waals surface area contributed by atoms with E-state index in [9.17, 15) is 9.90 Å². The Morgan fingerprint density at radius 3 is 2.24 bits per heavy atom. The molecule has 2 aromatic carbocycles. The number of carbonyl (C=O) groups is 1. The summed E-state index contributed by atoms with van der Waals surface area (Å²) in [6.45, 7) is 3.22. The first-order chi connectivity index (χ1) is 10.1. The van der Waals surface area contributed by atoms with Crippen LogP contribution in [-0.4, -0.2) is 24.4 Å². The number of benzene rings is 2. The van der Waals surface area contributed by atoms with Gasteiger partial charge in [-0.05, 0) is 35.4 Å². The van der Waals surface area contributed by atoms with Gasteiger partial charge in [-0.25, -0.2) is 4.79 Å². The van der Waals surface area contributed by atoms with Gasteiger partial charge in [0.25, 0.3) is 0 Å². The first-order valence-electron chi connectivity index (χ1n) is 6.97. The first-order valence-corrected chi connectivity index (χ1v) is 6.97. The predicted octanol–water partition coefficient (Wildman–Crippen LogP) is 3.65. The lowest BCUT2D eigenvalue weighted by Crippen LogP contribution is -2.42. The van der Waals surface area contributed by atoms with Crippen molar-refractivity contribution in [3.05, 3.63) is 48.5 Å². The van der Waals surface area contributed by atoms with E-state index in [-0.39, 0.29) is 11.8 Å². The number of carbonyl (C=O) groups excluding carboxylic acids is 1. The molecular weight excluding hydrogens is 266 g/mol. The van der Waals surface area contributed by atoms with E-state index < -0.39 is 0 Å². The lowest BCUT2D eigenvalue weighted by Gasteiger charge is -2.30. The number of phenolic OH excluding ortho intramolecular Hbond substituents is 1. The van der Waals surface area contributed by atoms with Crippen LogP contribution in [0.1, 0.15) is 6.92 Å². The Labute approximate surface area is 123 Å². The molecule has 0 aliphatic carbocycles. The van der Waals surface area contributed by atoms with E-state index in [1.165, 1.54) is 0 Å². The molecule has 0 saturated carbocycles. The number of hydrogen-bond acceptors (Lipinski definition) is 3. The molecule has 1 N–H and O–H groups in total. The highest BCUT2D eigenvalue weighted by Gasteiger charge is 2.25. The summed E-state index contributed by atoms with van der Waals surface area (Å²) < 4.78 is 5.14. The molecule has 1 unspecified atom stereocenters. The molecule has 1 fully saturated rings. The Bertz CT molecular complexity index is 634. The van der Waals surface area contributed by atoms with E-state index in [1.54, 1.807) is 17.0 Å². The average Bonchev–Trinajstić information content (AvgIpc) is 2.51. The predicted molar refractivity (Wildman–Crippen MR) is 81.4 cm³/mol. The van der Waals surface area contributed by atoms with Gasteiger partial charge in [-0.1, -0.05) is 31.2 Å². The van der Waals surface area contributed by atoms with Crippen molar-refractivity contribution in [3.63, 3.8) is 0 Å². The minimum Gasteiger partial charge on any atom is -0.508 e. The van der Waals surface area contributed by atoms with Crippen molar-refractivity contribution in [2.24, 2.45) is 5.92 Å². The Balaban J connectivity index is 1.83. The summed E-state index contributed by atoms with van der Waals surface area (Å²) in [6.07, 6.45) is -0.287. The third-order valence-electron chi connectivity index (χ3n) is 3.59. The molecule has 1 atom stereocenters. The van der Waals surface area contributed by atoms with E-state index in [2.05, 4.69) is 6.92 Å². The Morgan fingerprint density at radius 1 is 1.05 bits per heavy atom. The average molecular weight is 283 g/mol. The molecule has 1 saturated heterocycles. The van der Waals surface area contributed by atoms with Crippen molar-refractivity contribution in [2.45, 2.75) is 6.92 Å². The summed E-state index contributed by atoms with van der Waals surface area (Å²) >= 11 is 0. The molecule has 0 bridgehead atoms. The quantitative estimate of drug-likeness (QED) is 0.915. The second-order valence-corrected chi connectivity index (χ2v) is 5.39. The fourth-order valence-electron chi connectivity index (χ4n) is 2.43. The van der Waals surface area contributed by atoms with E-state index in [0.29, 0.717) is 19.1 Å². The number of anilines is 1. The summed E-state index contributed by atoms with van der Waals surface area (Å²) in [5, 5.41) is 9.31. The zero-order chi connectivity index (χ0) is 14.8. The largest absolute Gasteiger partial charge is 0.508 e. The van der Waals surface area contributed by atoms with Crippen LogP contribution in [0.4, 0.5) is 10.5 Å². The maximum absolute atomic E-state index is 11.8. The van der Waals surface area contributed by atoms with Crippen molar-refractivity contribution in [1.82, 2.24) is 0 Å². The van der Waals surface area contributed by atoms with E-state index in [0.717, 1.165) is 16.8 Å². The molecular formula is C17H17NO3. The van der Waals surface area contributed by atoms with Crippen molar-refractivity contribution in [2.75, 3.05) is 18.1 Å². The molecule has 21 heavy (non-hydrogen) atoms. The summed E-state index contributed by atoms with van der Waals surface area (Å²) in [7, 11) is 0. The van der Waals surface area contributed by atoms with Crippen molar-refractivity contribution < 1.29 is 14.6 Å². The molecule has 2 aromatic rings. The van der Waals surface area contributed by atoms with Crippen LogP contribution in [-0.2, 0) is 4.74 Å². The molecule has 3 rings (SSSR count). The molecule has 1 aliphatic rings. The fraction of sp³-hybridized carbons (Fsp3) is 0.235. The number of phenols is 1. The van der Waals surface area contributed by atoms with Crippen LogP contribution in [0.15, 0.2) is 48.5 Å². The minimum absolute atomic E-state index is 0.250. The van der Waals surface area contributed by atoms with Crippen LogP contribution in [0.25, 0.3) is 11.1 Å². The Hall–Kier alpha value is -2.49. The number of amides is 1. The van der Waals surface area contributed by atoms with Crippen LogP contribution in [0, 0.1) is 5.92 Å². The highest BCUT2D eigenvalue weighted by Crippen LogP contribution is 2.26. The molecule has 1 aliphatic heterocycles. The number of rotatable bonds is 2. The first kappa shape index (κ1) is 13.5. The number of aromatic hydroxyl groups is 1. The highest BCUT2D eigenvalue weighted by molar-refractivity contribution is 5.88. The van der Waals surface area contributed by atoms with Crippen LogP contribution in [0.5, 0.6) is 5.75 Å². The second-order valence-electron chi connectivity index (χ2n) is 5.39. The fourth-order valence-corrected chi connectivity index (χ4v) is 2.43. The summed E-state index contributed by atoms with van der Waals surface area (Å²) in [5.74, 6) is 0.583. The van der Waals surface area contributed by atoms with Gasteiger partial charge in [-0.3, -0.25) is 4.90 Å². The van der Waals surface area contributed by atoms with Crippen LogP contribution >= 0.6 is 0 Å². The minimum atomic E-state index is -0.287. The van der Waals surface area contributed by atoms with E-state index in [4.69, 9.17) is 4.74 Å². The smallest absolute Gasteiger partial charge is 0.414 e. The Kier molecular flexibility index (Phi) is 3.52. The monoisotopic (exact) mass is 283 g/mol. The lowest BCUT2D eigenvalue weighted by atomic mass is 10.0. The Morgan fingerprint density at radius 2 is 1.62 bits per heavy atom. The molecule has 1 heterocycles. The standard InChI is InChI=1S/C17H17NO3/c1-12-10-18(17(20)21-11-12)15-6-2-13(3-7-15)14-4-8-16(19)9-5-14/h2-9,12,19H,10-11H2,1H3. The van der Waals surface area contributed by atoms with Gasteiger partial charge in [0.1, 0.15) is 5.75 Å². The van der Waals surface area contributed by atoms with Gasteiger partial charge in [0, 0.05) is 18.2 Å². The van der Waals surface area contributed by atoms with Gasteiger partial charge >= 0.3 is 6.09 Å². The molecule has 4 heteroatoms. The van der Waals surface area contributed by atoms with E-state index >= 15 is 0 Å². The summed E-state index contributed by atoms with van der Waals surface area (Å²) in [4.78, 5) is 13.5. The van der Waals surface area contributed by atoms with Crippen LogP contribution in [0.2, 0.25) is 0 Å². The topological polar surface area (TPSA) is 49.8 Å². The zero-order valence-electron chi connectivity index (χ0n) is 11.8. The van der Waals surface area contributed by atoms with E-state index in [1.807, 2.05) is 36.4 Å². The molecule has 4 nitrogen and oxygen atoms in total. The van der Waals surface area contributed by atoms with Crippen molar-refractivity contribution >= 4 is 11.8 Å². The maximum atomic E-state index is 11.8. The SMILES string of the molecule is CC1COC(=O)N(c2ccc(-c3ccc(O)cc3)cc2)C1. The number of nitrogens with zero attached hydrogens (tertiary/aromatic N) is 1. The third-order valence-corrected chi connectivity index (χ3v) is 3.59. The summed E-state index contributed by atoms with van der Waals surface area (Å²) in [6, 6.07) is 14.8. The molecule has 0 aromatic heterocycles. The number of hydrogen-bond donors (Lipinski definition) is 1. The maximum Gasteiger partial charge on any atom is 0.414 e. The van der Waals surface area contributed by atoms with Gasteiger partial charge in [-0.15, -0.1) is 0 Å². The van der Waals surface area contributed by atoms with Crippen LogP contribution in [0.3, 0.4) is 0 Å². The molecule has 0 spiro atoms. The van der Waals surface area contributed by atoms with Gasteiger partial charge in [-0.2, -0.15) is 0 Å². The van der Waals surface area contributed by atoms with Gasteiger partial charge in [0.2, 0.25) is 0 Å². The lowest BCUT2D eigenvalue weighted by molar-refractivity contribution is 0.119.